The van der Waals surface area contributed by atoms with Gasteiger partial charge in [-0.2, -0.15) is 5.06 Å². The third-order valence-electron chi connectivity index (χ3n) is 3.58. The van der Waals surface area contributed by atoms with Crippen LogP contribution in [0.1, 0.15) is 5.69 Å². The van der Waals surface area contributed by atoms with Crippen LogP contribution in [0.25, 0.3) is 5.69 Å². The van der Waals surface area contributed by atoms with Gasteiger partial charge in [0.25, 0.3) is 11.5 Å². The highest BCUT2D eigenvalue weighted by Crippen LogP contribution is 2.35. The molecule has 1 amide bonds. The lowest BCUT2D eigenvalue weighted by Crippen LogP contribution is -2.43. The number of nitrogens with two attached hydrogens (primary N) is 1. The van der Waals surface area contributed by atoms with E-state index in [0.717, 1.165) is 27.9 Å². The van der Waals surface area contributed by atoms with Gasteiger partial charge in [0.05, 0.1) is 12.8 Å². The molecule has 1 aliphatic rings. The molecular formula is C14H13FN4O5. The summed E-state index contributed by atoms with van der Waals surface area (Å²) in [4.78, 5) is 41.1. The fourth-order valence-electron chi connectivity index (χ4n) is 2.40. The summed E-state index contributed by atoms with van der Waals surface area (Å²) in [6.07, 6.45) is 0. The van der Waals surface area contributed by atoms with Gasteiger partial charge in [0.15, 0.2) is 12.4 Å². The minimum absolute atomic E-state index is 0.0472. The largest absolute Gasteiger partial charge is 0.481 e. The number of nitrogens with zero attached hydrogens (tertiary/aromatic N) is 3. The fourth-order valence-corrected chi connectivity index (χ4v) is 2.40. The average molecular weight is 336 g/mol. The number of fused-ring (bicyclic) bond motifs is 1. The Morgan fingerprint density at radius 3 is 2.58 bits per heavy atom. The molecule has 1 aromatic heterocycles. The van der Waals surface area contributed by atoms with Crippen molar-refractivity contribution in [3.8, 4) is 11.4 Å². The molecule has 0 fully saturated rings. The molecule has 24 heavy (non-hydrogen) atoms. The van der Waals surface area contributed by atoms with E-state index in [4.69, 9.17) is 15.4 Å². The molecule has 9 nitrogen and oxygen atoms in total. The molecule has 3 rings (SSSR count). The van der Waals surface area contributed by atoms with Crippen molar-refractivity contribution in [2.75, 3.05) is 24.6 Å². The number of hydroxylamine groups is 1. The number of nitrogen functional groups attached to an aromatic ring is 1. The number of anilines is 1. The number of hydrogen-bond donors (Lipinski definition) is 1. The Kier molecular flexibility index (Phi) is 3.60. The van der Waals surface area contributed by atoms with Gasteiger partial charge in [0.1, 0.15) is 11.4 Å². The summed E-state index contributed by atoms with van der Waals surface area (Å²) in [5, 5.41) is 0.891. The number of ether oxygens (including phenoxy) is 1. The van der Waals surface area contributed by atoms with Crippen molar-refractivity contribution in [1.82, 2.24) is 9.24 Å². The molecule has 0 spiro atoms. The summed E-state index contributed by atoms with van der Waals surface area (Å²) in [5.74, 6) is 4.20. The molecule has 0 unspecified atom stereocenters. The maximum atomic E-state index is 14.4. The number of aromatic nitrogens is 2. The number of hydrogen-bond acceptors (Lipinski definition) is 6. The van der Waals surface area contributed by atoms with E-state index in [2.05, 4.69) is 0 Å². The van der Waals surface area contributed by atoms with Crippen LogP contribution in [0.2, 0.25) is 0 Å². The molecule has 2 N–H and O–H groups in total. The zero-order valence-electron chi connectivity index (χ0n) is 12.8. The van der Waals surface area contributed by atoms with E-state index >= 15 is 0 Å². The quantitative estimate of drug-likeness (QED) is 0.737. The first-order valence-electron chi connectivity index (χ1n) is 6.79. The predicted molar refractivity (Wildman–Crippen MR) is 81.1 cm³/mol. The standard InChI is InChI=1S/C14H13FN4O5/c1-7-3-12(20)17(14(22)18(7)16)9-5-10-11(4-8(9)15)24-6-13(21)19(10)23-2/h3-5H,6,16H2,1-2H3. The third-order valence-corrected chi connectivity index (χ3v) is 3.58. The smallest absolute Gasteiger partial charge is 0.354 e. The molecule has 0 saturated carbocycles. The number of amides is 1. The van der Waals surface area contributed by atoms with Crippen molar-refractivity contribution in [3.63, 3.8) is 0 Å². The summed E-state index contributed by atoms with van der Waals surface area (Å²) in [6, 6.07) is 3.18. The van der Waals surface area contributed by atoms with Crippen LogP contribution in [0.5, 0.6) is 5.75 Å². The maximum absolute atomic E-state index is 14.4. The van der Waals surface area contributed by atoms with Gasteiger partial charge in [-0.15, -0.1) is 0 Å². The topological polar surface area (TPSA) is 109 Å². The first kappa shape index (κ1) is 15.7. The maximum Gasteiger partial charge on any atom is 0.354 e. The molecule has 0 atom stereocenters. The van der Waals surface area contributed by atoms with Crippen molar-refractivity contribution in [1.29, 1.82) is 0 Å². The zero-order chi connectivity index (χ0) is 17.6. The number of carbonyl (C=O) groups is 1. The van der Waals surface area contributed by atoms with Crippen LogP contribution in [0.3, 0.4) is 0 Å². The molecule has 0 saturated heterocycles. The second kappa shape index (κ2) is 5.49. The van der Waals surface area contributed by atoms with E-state index in [1.54, 1.807) is 0 Å². The Bertz CT molecular complexity index is 965. The molecule has 2 heterocycles. The Hall–Kier alpha value is -3.14. The van der Waals surface area contributed by atoms with Gasteiger partial charge < -0.3 is 10.6 Å². The van der Waals surface area contributed by atoms with Crippen LogP contribution in [0, 0.1) is 12.7 Å². The van der Waals surface area contributed by atoms with Gasteiger partial charge in [0, 0.05) is 17.8 Å². The Morgan fingerprint density at radius 2 is 1.92 bits per heavy atom. The van der Waals surface area contributed by atoms with Crippen LogP contribution in [-0.4, -0.2) is 28.9 Å². The Balaban J connectivity index is 2.31. The molecular weight excluding hydrogens is 323 g/mol. The zero-order valence-corrected chi connectivity index (χ0v) is 12.8. The molecule has 0 aliphatic carbocycles. The average Bonchev–Trinajstić information content (AvgIpc) is 2.53. The molecule has 10 heteroatoms. The van der Waals surface area contributed by atoms with Crippen LogP contribution in [0.4, 0.5) is 10.1 Å². The summed E-state index contributed by atoms with van der Waals surface area (Å²) in [5.41, 5.74) is -1.77. The number of aryl methyl sites for hydroxylation is 1. The first-order chi connectivity index (χ1) is 11.3. The van der Waals surface area contributed by atoms with Gasteiger partial charge in [-0.1, -0.05) is 0 Å². The van der Waals surface area contributed by atoms with Crippen LogP contribution < -0.4 is 26.9 Å². The van der Waals surface area contributed by atoms with E-state index < -0.39 is 23.0 Å². The summed E-state index contributed by atoms with van der Waals surface area (Å²) >= 11 is 0. The molecule has 0 bridgehead atoms. The van der Waals surface area contributed by atoms with Crippen molar-refractivity contribution < 1.29 is 18.8 Å². The highest BCUT2D eigenvalue weighted by atomic mass is 19.1. The second-order valence-corrected chi connectivity index (χ2v) is 5.04. The third kappa shape index (κ3) is 2.24. The number of benzene rings is 1. The van der Waals surface area contributed by atoms with Gasteiger partial charge in [0.2, 0.25) is 0 Å². The number of rotatable bonds is 2. The predicted octanol–water partition coefficient (Wildman–Crippen LogP) is -0.553. The van der Waals surface area contributed by atoms with Crippen LogP contribution in [-0.2, 0) is 9.63 Å². The van der Waals surface area contributed by atoms with Crippen molar-refractivity contribution in [2.45, 2.75) is 6.92 Å². The summed E-state index contributed by atoms with van der Waals surface area (Å²) in [7, 11) is 1.25. The lowest BCUT2D eigenvalue weighted by molar-refractivity contribution is -0.128. The van der Waals surface area contributed by atoms with Gasteiger partial charge in [-0.05, 0) is 13.0 Å². The highest BCUT2D eigenvalue weighted by Gasteiger charge is 2.28. The van der Waals surface area contributed by atoms with E-state index in [9.17, 15) is 18.8 Å². The van der Waals surface area contributed by atoms with Gasteiger partial charge in [-0.3, -0.25) is 14.4 Å². The highest BCUT2D eigenvalue weighted by molar-refractivity contribution is 5.96. The summed E-state index contributed by atoms with van der Waals surface area (Å²) in [6.45, 7) is 1.15. The lowest BCUT2D eigenvalue weighted by Gasteiger charge is -2.27. The molecule has 1 aromatic carbocycles. The van der Waals surface area contributed by atoms with E-state index in [1.807, 2.05) is 0 Å². The lowest BCUT2D eigenvalue weighted by atomic mass is 10.2. The second-order valence-electron chi connectivity index (χ2n) is 5.04. The van der Waals surface area contributed by atoms with Crippen molar-refractivity contribution in [3.05, 3.63) is 50.5 Å². The van der Waals surface area contributed by atoms with Gasteiger partial charge in [-0.25, -0.2) is 18.4 Å². The fraction of sp³-hybridized carbons (Fsp3) is 0.214. The Morgan fingerprint density at radius 1 is 1.21 bits per heavy atom. The van der Waals surface area contributed by atoms with E-state index in [1.165, 1.54) is 14.0 Å². The molecule has 2 aromatic rings. The minimum Gasteiger partial charge on any atom is -0.481 e. The van der Waals surface area contributed by atoms with Gasteiger partial charge >= 0.3 is 5.69 Å². The van der Waals surface area contributed by atoms with E-state index in [-0.39, 0.29) is 29.4 Å². The minimum atomic E-state index is -0.925. The van der Waals surface area contributed by atoms with Crippen molar-refractivity contribution >= 4 is 11.6 Å². The number of halogens is 1. The summed E-state index contributed by atoms with van der Waals surface area (Å²) < 4.78 is 20.8. The molecule has 126 valence electrons. The normalized spacial score (nSPS) is 13.6. The SMILES string of the molecule is CON1C(=O)COc2cc(F)c(-n3c(=O)cc(C)n(N)c3=O)cc21. The molecule has 0 radical (unpaired) electrons. The van der Waals surface area contributed by atoms with E-state index in [0.29, 0.717) is 4.57 Å². The number of carbonyl (C=O) groups excluding carboxylic acids is 1. The molecule has 1 aliphatic heterocycles. The Labute approximate surface area is 134 Å². The van der Waals surface area contributed by atoms with Crippen LogP contribution >= 0.6 is 0 Å². The van der Waals surface area contributed by atoms with Crippen LogP contribution in [0.15, 0.2) is 27.8 Å². The first-order valence-corrected chi connectivity index (χ1v) is 6.79. The van der Waals surface area contributed by atoms with Crippen molar-refractivity contribution in [2.24, 2.45) is 0 Å². The monoisotopic (exact) mass is 336 g/mol.